The fourth-order valence-electron chi connectivity index (χ4n) is 3.49. The zero-order chi connectivity index (χ0) is 12.0. The second-order valence-electron chi connectivity index (χ2n) is 5.61. The first-order valence-electron chi connectivity index (χ1n) is 6.69. The maximum absolute atomic E-state index is 4.73. The van der Waals surface area contributed by atoms with Gasteiger partial charge in [-0.15, -0.1) is 11.3 Å². The second-order valence-corrected chi connectivity index (χ2v) is 6.69. The predicted octanol–water partition coefficient (Wildman–Crippen LogP) is 2.98. The quantitative estimate of drug-likeness (QED) is 0.857. The van der Waals surface area contributed by atoms with Crippen LogP contribution in [0.15, 0.2) is 6.33 Å². The lowest BCUT2D eigenvalue weighted by Gasteiger charge is -2.32. The molecule has 0 aliphatic heterocycles. The van der Waals surface area contributed by atoms with Crippen LogP contribution in [0, 0.1) is 5.41 Å². The molecule has 1 saturated carbocycles. The van der Waals surface area contributed by atoms with Gasteiger partial charge in [-0.2, -0.15) is 5.10 Å². The van der Waals surface area contributed by atoms with Crippen molar-refractivity contribution in [1.29, 1.82) is 0 Å². The summed E-state index contributed by atoms with van der Waals surface area (Å²) < 4.78 is 0. The third-order valence-electron chi connectivity index (χ3n) is 4.49. The normalized spacial score (nSPS) is 21.3. The highest BCUT2D eigenvalue weighted by molar-refractivity contribution is 7.15. The Morgan fingerprint density at radius 2 is 2.11 bits per heavy atom. The topological polar surface area (TPSA) is 54.5 Å². The predicted molar refractivity (Wildman–Crippen MR) is 70.4 cm³/mol. The van der Waals surface area contributed by atoms with E-state index >= 15 is 0 Å². The molecule has 2 aliphatic carbocycles. The molecule has 0 unspecified atom stereocenters. The maximum Gasteiger partial charge on any atom is 0.184 e. The molecule has 1 fully saturated rings. The molecule has 4 nitrogen and oxygen atoms in total. The third kappa shape index (κ3) is 1.61. The minimum absolute atomic E-state index is 0.609. The fourth-order valence-corrected chi connectivity index (χ4v) is 4.72. The summed E-state index contributed by atoms with van der Waals surface area (Å²) in [6.07, 6.45) is 11.0. The third-order valence-corrected chi connectivity index (χ3v) is 5.59. The Morgan fingerprint density at radius 3 is 2.89 bits per heavy atom. The molecule has 2 heterocycles. The van der Waals surface area contributed by atoms with Crippen LogP contribution in [0.3, 0.4) is 0 Å². The number of nitrogens with zero attached hydrogens (tertiary/aromatic N) is 3. The maximum atomic E-state index is 4.73. The number of nitrogens with one attached hydrogen (secondary N) is 1. The standard InChI is InChI=1S/C13H16N4S/c1-2-5-13(4-1)6-3-9-10(7-13)18-12(16-9)11-14-8-15-17-11/h8H,1-7H2,(H,14,15,17). The molecule has 0 radical (unpaired) electrons. The van der Waals surface area contributed by atoms with Crippen molar-refractivity contribution in [3.05, 3.63) is 16.9 Å². The molecule has 2 aromatic heterocycles. The first-order chi connectivity index (χ1) is 8.85. The van der Waals surface area contributed by atoms with Crippen molar-refractivity contribution in [3.8, 4) is 10.8 Å². The fraction of sp³-hybridized carbons (Fsp3) is 0.615. The molecule has 5 heteroatoms. The molecule has 0 amide bonds. The smallest absolute Gasteiger partial charge is 0.184 e. The Kier molecular flexibility index (Phi) is 2.30. The number of hydrogen-bond acceptors (Lipinski definition) is 4. The van der Waals surface area contributed by atoms with E-state index in [0.29, 0.717) is 5.41 Å². The average molecular weight is 260 g/mol. The van der Waals surface area contributed by atoms with Gasteiger partial charge in [-0.05, 0) is 37.5 Å². The number of hydrogen-bond donors (Lipinski definition) is 1. The van der Waals surface area contributed by atoms with Crippen LogP contribution in [0.25, 0.3) is 10.8 Å². The summed E-state index contributed by atoms with van der Waals surface area (Å²) in [7, 11) is 0. The van der Waals surface area contributed by atoms with Crippen LogP contribution < -0.4 is 0 Å². The van der Waals surface area contributed by atoms with E-state index in [9.17, 15) is 0 Å². The van der Waals surface area contributed by atoms with Crippen LogP contribution in [-0.4, -0.2) is 20.2 Å². The molecular formula is C13H16N4S. The largest absolute Gasteiger partial charge is 0.257 e. The van der Waals surface area contributed by atoms with Gasteiger partial charge in [-0.25, -0.2) is 9.97 Å². The molecule has 4 rings (SSSR count). The van der Waals surface area contributed by atoms with Gasteiger partial charge < -0.3 is 0 Å². The highest BCUT2D eigenvalue weighted by atomic mass is 32.1. The number of aromatic amines is 1. The molecule has 0 atom stereocenters. The van der Waals surface area contributed by atoms with Crippen LogP contribution in [0.1, 0.15) is 42.7 Å². The average Bonchev–Trinajstić information content (AvgIpc) is 3.07. The van der Waals surface area contributed by atoms with E-state index in [-0.39, 0.29) is 0 Å². The molecular weight excluding hydrogens is 244 g/mol. The van der Waals surface area contributed by atoms with Gasteiger partial charge >= 0.3 is 0 Å². The summed E-state index contributed by atoms with van der Waals surface area (Å²) in [5.74, 6) is 0.815. The number of H-pyrrole nitrogens is 1. The molecule has 2 aliphatic rings. The lowest BCUT2D eigenvalue weighted by atomic mass is 9.74. The van der Waals surface area contributed by atoms with E-state index < -0.39 is 0 Å². The van der Waals surface area contributed by atoms with Crippen LogP contribution in [0.4, 0.5) is 0 Å². The molecule has 0 aromatic carbocycles. The zero-order valence-electron chi connectivity index (χ0n) is 10.3. The van der Waals surface area contributed by atoms with Gasteiger partial charge in [0, 0.05) is 4.88 Å². The summed E-state index contributed by atoms with van der Waals surface area (Å²) in [6.45, 7) is 0. The van der Waals surface area contributed by atoms with Crippen molar-refractivity contribution >= 4 is 11.3 Å². The molecule has 94 valence electrons. The molecule has 1 spiro atoms. The Bertz CT molecular complexity index is 552. The van der Waals surface area contributed by atoms with E-state index in [1.807, 2.05) is 11.3 Å². The zero-order valence-corrected chi connectivity index (χ0v) is 11.1. The van der Waals surface area contributed by atoms with Crippen molar-refractivity contribution in [2.24, 2.45) is 5.41 Å². The minimum atomic E-state index is 0.609. The van der Waals surface area contributed by atoms with Crippen LogP contribution >= 0.6 is 11.3 Å². The van der Waals surface area contributed by atoms with Gasteiger partial charge in [0.05, 0.1) is 5.69 Å². The molecule has 2 aromatic rings. The van der Waals surface area contributed by atoms with Crippen molar-refractivity contribution in [1.82, 2.24) is 20.2 Å². The molecule has 0 bridgehead atoms. The lowest BCUT2D eigenvalue weighted by molar-refractivity contribution is 0.256. The van der Waals surface area contributed by atoms with Gasteiger partial charge in [0.1, 0.15) is 6.33 Å². The monoisotopic (exact) mass is 260 g/mol. The van der Waals surface area contributed by atoms with Gasteiger partial charge in [-0.1, -0.05) is 12.8 Å². The lowest BCUT2D eigenvalue weighted by Crippen LogP contribution is -2.24. The first kappa shape index (κ1) is 10.7. The number of fused-ring (bicyclic) bond motifs is 1. The van der Waals surface area contributed by atoms with Gasteiger partial charge in [0.15, 0.2) is 10.8 Å². The number of aryl methyl sites for hydroxylation is 1. The SMILES string of the molecule is c1n[nH]c(-c2nc3c(s2)CC2(CCCC2)CC3)n1. The van der Waals surface area contributed by atoms with Crippen LogP contribution in [-0.2, 0) is 12.8 Å². The summed E-state index contributed by atoms with van der Waals surface area (Å²) in [5.41, 5.74) is 1.92. The van der Waals surface area contributed by atoms with Crippen molar-refractivity contribution < 1.29 is 0 Å². The van der Waals surface area contributed by atoms with Crippen molar-refractivity contribution in [2.75, 3.05) is 0 Å². The van der Waals surface area contributed by atoms with E-state index in [1.165, 1.54) is 49.1 Å². The molecule has 1 N–H and O–H groups in total. The van der Waals surface area contributed by atoms with Gasteiger partial charge in [0.25, 0.3) is 0 Å². The van der Waals surface area contributed by atoms with Crippen LogP contribution in [0.2, 0.25) is 0 Å². The number of rotatable bonds is 1. The Labute approximate surface area is 110 Å². The number of thiazole rings is 1. The second kappa shape index (κ2) is 3.88. The highest BCUT2D eigenvalue weighted by Gasteiger charge is 2.38. The van der Waals surface area contributed by atoms with E-state index in [0.717, 1.165) is 17.3 Å². The van der Waals surface area contributed by atoms with Crippen molar-refractivity contribution in [3.63, 3.8) is 0 Å². The summed E-state index contributed by atoms with van der Waals surface area (Å²) in [6, 6.07) is 0. The first-order valence-corrected chi connectivity index (χ1v) is 7.51. The Balaban J connectivity index is 1.68. The van der Waals surface area contributed by atoms with Crippen LogP contribution in [0.5, 0.6) is 0 Å². The number of aromatic nitrogens is 4. The molecule has 0 saturated heterocycles. The summed E-state index contributed by atoms with van der Waals surface area (Å²) in [5, 5.41) is 7.82. The summed E-state index contributed by atoms with van der Waals surface area (Å²) in [4.78, 5) is 10.4. The Morgan fingerprint density at radius 1 is 1.22 bits per heavy atom. The van der Waals surface area contributed by atoms with Gasteiger partial charge in [-0.3, -0.25) is 5.10 Å². The van der Waals surface area contributed by atoms with Gasteiger partial charge in [0.2, 0.25) is 0 Å². The van der Waals surface area contributed by atoms with E-state index in [1.54, 1.807) is 6.33 Å². The minimum Gasteiger partial charge on any atom is -0.257 e. The van der Waals surface area contributed by atoms with E-state index in [2.05, 4.69) is 15.2 Å². The van der Waals surface area contributed by atoms with Crippen molar-refractivity contribution in [2.45, 2.75) is 44.9 Å². The summed E-state index contributed by atoms with van der Waals surface area (Å²) >= 11 is 1.81. The Hall–Kier alpha value is -1.23. The highest BCUT2D eigenvalue weighted by Crippen LogP contribution is 2.49. The molecule has 18 heavy (non-hydrogen) atoms. The van der Waals surface area contributed by atoms with E-state index in [4.69, 9.17) is 4.98 Å².